The number of unbranched alkanes of at least 4 members (excludes halogenated alkanes) is 15. The van der Waals surface area contributed by atoms with Crippen LogP contribution in [-0.4, -0.2) is 168 Å². The van der Waals surface area contributed by atoms with Gasteiger partial charge < -0.3 is 59.5 Å². The topological polar surface area (TPSA) is 198 Å². The second kappa shape index (κ2) is 47.7. The van der Waals surface area contributed by atoms with E-state index in [1.807, 2.05) is 29.6 Å². The predicted molar refractivity (Wildman–Crippen MR) is 253 cm³/mol. The lowest BCUT2D eigenvalue weighted by Gasteiger charge is -2.28. The third-order valence-corrected chi connectivity index (χ3v) is 11.1. The number of halogens is 1. The van der Waals surface area contributed by atoms with E-state index in [2.05, 4.69) is 40.0 Å². The number of likely N-dealkylation sites (N-methyl/N-ethyl adjacent to an activating group) is 1. The molecule has 0 bridgehead atoms. The van der Waals surface area contributed by atoms with Gasteiger partial charge in [0.15, 0.2) is 0 Å². The van der Waals surface area contributed by atoms with Crippen LogP contribution in [-0.2, 0) is 42.8 Å². The van der Waals surface area contributed by atoms with Crippen molar-refractivity contribution in [2.24, 2.45) is 0 Å². The molecule has 0 aliphatic heterocycles. The lowest BCUT2D eigenvalue weighted by molar-refractivity contribution is -0.127. The van der Waals surface area contributed by atoms with E-state index in [9.17, 15) is 24.6 Å². The molecule has 0 spiro atoms. The number of nitrogens with one attached hydrogen (secondary N) is 4. The van der Waals surface area contributed by atoms with Crippen molar-refractivity contribution in [1.29, 1.82) is 0 Å². The molecule has 0 rings (SSSR count). The van der Waals surface area contributed by atoms with Gasteiger partial charge in [-0.05, 0) is 55.4 Å². The number of amides is 3. The van der Waals surface area contributed by atoms with Crippen molar-refractivity contribution in [2.45, 2.75) is 152 Å². The zero-order valence-electron chi connectivity index (χ0n) is 39.1. The summed E-state index contributed by atoms with van der Waals surface area (Å²) < 4.78 is 32.1. The van der Waals surface area contributed by atoms with Crippen LogP contribution in [0.5, 0.6) is 0 Å². The lowest BCUT2D eigenvalue weighted by atomic mass is 10.0. The molecule has 0 saturated carbocycles. The maximum absolute atomic E-state index is 12.0. The van der Waals surface area contributed by atoms with E-state index in [4.69, 9.17) is 28.4 Å². The Morgan fingerprint density at radius 3 is 1.45 bits per heavy atom. The van der Waals surface area contributed by atoms with E-state index in [0.29, 0.717) is 78.8 Å². The Labute approximate surface area is 389 Å². The highest BCUT2D eigenvalue weighted by atomic mass is 127. The Bertz CT molecular complexity index is 1010. The molecule has 368 valence electrons. The molecule has 0 aliphatic carbocycles. The zero-order valence-corrected chi connectivity index (χ0v) is 41.2. The summed E-state index contributed by atoms with van der Waals surface area (Å²) in [5.74, 6) is -0.361. The van der Waals surface area contributed by atoms with Gasteiger partial charge in [-0.3, -0.25) is 19.7 Å². The fourth-order valence-electron chi connectivity index (χ4n) is 6.42. The summed E-state index contributed by atoms with van der Waals surface area (Å²) in [5.41, 5.74) is 0. The molecule has 16 nitrogen and oxygen atoms in total. The number of carbonyl (C=O) groups is 3. The summed E-state index contributed by atoms with van der Waals surface area (Å²) in [6.45, 7) is 9.91. The molecular weight excluding hydrogens is 913 g/mol. The SMILES string of the molecule is CCCCCCCCCCCCCCCCCC(=O)NCCOCCOCC(O)NCCOCCOCC(=O)NCCOCCOCC(=O)NCCCCC(C(O)I)N(C)CC. The van der Waals surface area contributed by atoms with Crippen LogP contribution in [0.25, 0.3) is 0 Å². The summed E-state index contributed by atoms with van der Waals surface area (Å²) in [5, 5.41) is 31.3. The van der Waals surface area contributed by atoms with Crippen molar-refractivity contribution in [3.63, 3.8) is 0 Å². The number of rotatable bonds is 49. The molecule has 0 heterocycles. The van der Waals surface area contributed by atoms with Gasteiger partial charge in [-0.25, -0.2) is 0 Å². The average molecular weight is 1000 g/mol. The van der Waals surface area contributed by atoms with Gasteiger partial charge in [0.05, 0.1) is 66.1 Å². The van der Waals surface area contributed by atoms with Crippen LogP contribution in [0.2, 0.25) is 0 Å². The highest BCUT2D eigenvalue weighted by molar-refractivity contribution is 14.1. The molecule has 0 saturated heterocycles. The molecule has 17 heteroatoms. The number of ether oxygens (including phenoxy) is 6. The summed E-state index contributed by atoms with van der Waals surface area (Å²) in [4.78, 5) is 38.0. The molecule has 0 fully saturated rings. The summed E-state index contributed by atoms with van der Waals surface area (Å²) >= 11 is 2.04. The number of aliphatic hydroxyl groups excluding tert-OH is 2. The minimum absolute atomic E-state index is 0.0383. The van der Waals surface area contributed by atoms with Gasteiger partial charge in [-0.1, -0.05) is 110 Å². The number of hydrogen-bond donors (Lipinski definition) is 6. The van der Waals surface area contributed by atoms with Gasteiger partial charge in [-0.2, -0.15) is 0 Å². The minimum atomic E-state index is -0.837. The van der Waals surface area contributed by atoms with E-state index in [0.717, 1.165) is 38.6 Å². The Hall–Kier alpha value is -1.26. The van der Waals surface area contributed by atoms with Crippen molar-refractivity contribution >= 4 is 40.3 Å². The van der Waals surface area contributed by atoms with Gasteiger partial charge >= 0.3 is 0 Å². The fourth-order valence-corrected chi connectivity index (χ4v) is 7.33. The highest BCUT2D eigenvalue weighted by Crippen LogP contribution is 2.16. The second-order valence-corrected chi connectivity index (χ2v) is 17.0. The first-order valence-electron chi connectivity index (χ1n) is 23.9. The van der Waals surface area contributed by atoms with Gasteiger partial charge in [0.2, 0.25) is 17.7 Å². The monoisotopic (exact) mass is 1000 g/mol. The van der Waals surface area contributed by atoms with Gasteiger partial charge in [0.25, 0.3) is 0 Å². The average Bonchev–Trinajstić information content (AvgIpc) is 3.25. The van der Waals surface area contributed by atoms with Crippen LogP contribution in [0.4, 0.5) is 0 Å². The van der Waals surface area contributed by atoms with Crippen molar-refractivity contribution in [3.05, 3.63) is 0 Å². The van der Waals surface area contributed by atoms with Crippen LogP contribution >= 0.6 is 22.6 Å². The molecule has 0 aliphatic rings. The second-order valence-electron chi connectivity index (χ2n) is 15.7. The third-order valence-electron chi connectivity index (χ3n) is 10.3. The van der Waals surface area contributed by atoms with Crippen molar-refractivity contribution in [2.75, 3.05) is 119 Å². The third kappa shape index (κ3) is 44.0. The quantitative estimate of drug-likeness (QED) is 0.0210. The van der Waals surface area contributed by atoms with Gasteiger partial charge in [0, 0.05) is 38.6 Å². The van der Waals surface area contributed by atoms with Gasteiger partial charge in [0.1, 0.15) is 23.6 Å². The Morgan fingerprint density at radius 2 is 0.952 bits per heavy atom. The summed E-state index contributed by atoms with van der Waals surface area (Å²) in [6.07, 6.45) is 22.0. The molecule has 3 atom stereocenters. The first-order valence-corrected chi connectivity index (χ1v) is 25.2. The highest BCUT2D eigenvalue weighted by Gasteiger charge is 2.19. The molecule has 0 aromatic rings. The fraction of sp³-hybridized carbons (Fsp3) is 0.933. The normalized spacial score (nSPS) is 13.0. The molecule has 0 aromatic heterocycles. The number of alkyl halides is 1. The Kier molecular flexibility index (Phi) is 46.7. The minimum Gasteiger partial charge on any atom is -0.381 e. The van der Waals surface area contributed by atoms with Crippen LogP contribution in [0, 0.1) is 0 Å². The van der Waals surface area contributed by atoms with E-state index in [1.54, 1.807) is 0 Å². The van der Waals surface area contributed by atoms with E-state index >= 15 is 0 Å². The van der Waals surface area contributed by atoms with E-state index in [1.165, 1.54) is 83.5 Å². The molecule has 3 amide bonds. The standard InChI is InChI=1S/C45H90IN5O11/c1-4-6-7-8-9-10-11-12-13-14-15-16-17-18-19-23-41(52)48-25-28-57-31-35-61-38-43(54)50-27-30-59-33-36-62-39-44(55)49-26-29-58-32-34-60-37-42(53)47-24-21-20-22-40(45(46)56)51(3)5-2/h40,43,45,50,54,56H,4-39H2,1-3H3,(H,47,53)(H,48,52)(H,49,55). The first kappa shape index (κ1) is 60.7. The summed E-state index contributed by atoms with van der Waals surface area (Å²) in [6, 6.07) is 0.109. The lowest BCUT2D eigenvalue weighted by Crippen LogP contribution is -2.38. The van der Waals surface area contributed by atoms with Crippen molar-refractivity contribution in [1.82, 2.24) is 26.2 Å². The summed E-state index contributed by atoms with van der Waals surface area (Å²) in [7, 11) is 2.00. The Balaban J connectivity index is 3.40. The molecule has 62 heavy (non-hydrogen) atoms. The molecule has 3 unspecified atom stereocenters. The molecular formula is C45H90IN5O11. The van der Waals surface area contributed by atoms with Crippen molar-refractivity contribution < 1.29 is 53.0 Å². The maximum Gasteiger partial charge on any atom is 0.246 e. The number of aliphatic hydroxyl groups is 2. The van der Waals surface area contributed by atoms with Crippen molar-refractivity contribution in [3.8, 4) is 0 Å². The Morgan fingerprint density at radius 1 is 0.516 bits per heavy atom. The molecule has 0 aromatic carbocycles. The smallest absolute Gasteiger partial charge is 0.246 e. The number of hydrogen-bond acceptors (Lipinski definition) is 13. The number of carbonyl (C=O) groups excluding carboxylic acids is 3. The van der Waals surface area contributed by atoms with Gasteiger partial charge in [-0.15, -0.1) is 0 Å². The first-order chi connectivity index (χ1) is 30.2. The number of nitrogens with zero attached hydrogens (tertiary/aromatic N) is 1. The zero-order chi connectivity index (χ0) is 45.6. The van der Waals surface area contributed by atoms with Crippen LogP contribution in [0.15, 0.2) is 0 Å². The van der Waals surface area contributed by atoms with Crippen LogP contribution in [0.3, 0.4) is 0 Å². The molecule has 6 N–H and O–H groups in total. The van der Waals surface area contributed by atoms with E-state index in [-0.39, 0.29) is 56.8 Å². The molecule has 0 radical (unpaired) electrons. The van der Waals surface area contributed by atoms with Crippen LogP contribution in [0.1, 0.15) is 136 Å². The largest absolute Gasteiger partial charge is 0.381 e. The maximum atomic E-state index is 12.0. The van der Waals surface area contributed by atoms with Crippen LogP contribution < -0.4 is 21.3 Å². The van der Waals surface area contributed by atoms with E-state index < -0.39 is 10.3 Å². The predicted octanol–water partition coefficient (Wildman–Crippen LogP) is 4.85.